The summed E-state index contributed by atoms with van der Waals surface area (Å²) in [5.74, 6) is -0.647. The van der Waals surface area contributed by atoms with E-state index in [2.05, 4.69) is 32.6 Å². The first-order valence-corrected chi connectivity index (χ1v) is 16.1. The molecule has 0 spiro atoms. The molecule has 2 atom stereocenters. The molecule has 1 fully saturated rings. The number of fused-ring (bicyclic) bond motifs is 1. The standard InChI is InChI=1S/C31H29ClFN7O2S/c1-43(41,42)18-28(19-5-3-2-4-6-19)37-29-21(15-34)16-35-31-25(29)13-23(14-26(31)32)36-30(20-7-9-22(33)10-8-20)27-17-40(39-38-27)24-11-12-24/h2-10,13-14,16-17,24,28,30,36,38-39H,11-12,18H2,1H3,(H,35,37)/t28-,30-/m1/s1/i30D. The van der Waals surface area contributed by atoms with Crippen molar-refractivity contribution in [3.05, 3.63) is 112 Å². The third-order valence-corrected chi connectivity index (χ3v) is 8.46. The second kappa shape index (κ2) is 11.7. The highest BCUT2D eigenvalue weighted by Gasteiger charge is 2.32. The minimum atomic E-state index is -3.43. The fraction of sp³-hybridized carbons (Fsp3) is 0.226. The molecule has 4 aromatic rings. The number of sulfone groups is 1. The van der Waals surface area contributed by atoms with Crippen molar-refractivity contribution in [3.8, 4) is 6.07 Å². The summed E-state index contributed by atoms with van der Waals surface area (Å²) < 4.78 is 48.4. The molecule has 43 heavy (non-hydrogen) atoms. The van der Waals surface area contributed by atoms with Crippen molar-refractivity contribution >= 4 is 43.7 Å². The van der Waals surface area contributed by atoms with Crippen molar-refractivity contribution in [2.45, 2.75) is 30.9 Å². The maximum Gasteiger partial charge on any atom is 0.149 e. The summed E-state index contributed by atoms with van der Waals surface area (Å²) in [5, 5.41) is 19.2. The molecule has 0 amide bonds. The lowest BCUT2D eigenvalue weighted by molar-refractivity contribution is 0.260. The quantitative estimate of drug-likeness (QED) is 0.180. The lowest BCUT2D eigenvalue weighted by atomic mass is 10.0. The Morgan fingerprint density at radius 1 is 1.16 bits per heavy atom. The molecule has 9 nitrogen and oxygen atoms in total. The number of rotatable bonds is 10. The molecule has 0 unspecified atom stereocenters. The minimum absolute atomic E-state index is 0.195. The molecule has 2 heterocycles. The van der Waals surface area contributed by atoms with Crippen molar-refractivity contribution < 1.29 is 14.2 Å². The SMILES string of the molecule is [2H][C@](Nc1cc(Cl)c2ncc(C#N)c(N[C@H](CS(C)(=O)=O)c3ccccc3)c2c1)(C1=CN(C2CC2)NN1)c1ccc(F)cc1. The number of nitrogens with zero attached hydrogens (tertiary/aromatic N) is 3. The first-order chi connectivity index (χ1) is 21.0. The number of pyridine rings is 1. The molecular weight excluding hydrogens is 589 g/mol. The summed E-state index contributed by atoms with van der Waals surface area (Å²) in [6.45, 7) is 0. The van der Waals surface area contributed by atoms with Gasteiger partial charge in [-0.1, -0.05) is 54.1 Å². The van der Waals surface area contributed by atoms with Gasteiger partial charge in [-0.25, -0.2) is 12.8 Å². The Morgan fingerprint density at radius 2 is 1.91 bits per heavy atom. The molecule has 2 aliphatic rings. The van der Waals surface area contributed by atoms with Gasteiger partial charge in [0.15, 0.2) is 0 Å². The van der Waals surface area contributed by atoms with Crippen LogP contribution in [0.4, 0.5) is 15.8 Å². The summed E-state index contributed by atoms with van der Waals surface area (Å²) >= 11 is 6.75. The van der Waals surface area contributed by atoms with Crippen molar-refractivity contribution in [3.63, 3.8) is 0 Å². The minimum Gasteiger partial charge on any atom is -0.376 e. The van der Waals surface area contributed by atoms with E-state index in [1.165, 1.54) is 30.5 Å². The van der Waals surface area contributed by atoms with Crippen LogP contribution in [0.1, 0.15) is 43.0 Å². The van der Waals surface area contributed by atoms with E-state index in [4.69, 9.17) is 11.6 Å². The highest BCUT2D eigenvalue weighted by molar-refractivity contribution is 7.90. The van der Waals surface area contributed by atoms with E-state index in [0.29, 0.717) is 39.6 Å². The molecule has 0 saturated heterocycles. The second-order valence-corrected chi connectivity index (χ2v) is 13.2. The van der Waals surface area contributed by atoms with Crippen molar-refractivity contribution in [2.24, 2.45) is 0 Å². The Balaban J connectivity index is 1.46. The van der Waals surface area contributed by atoms with Crippen LogP contribution in [0.25, 0.3) is 10.9 Å². The largest absolute Gasteiger partial charge is 0.376 e. The first kappa shape index (κ1) is 27.5. The Kier molecular flexibility index (Phi) is 7.49. The van der Waals surface area contributed by atoms with Crippen LogP contribution in [0.2, 0.25) is 5.02 Å². The van der Waals surface area contributed by atoms with Gasteiger partial charge in [-0.15, -0.1) is 5.53 Å². The zero-order chi connectivity index (χ0) is 31.1. The molecule has 220 valence electrons. The van der Waals surface area contributed by atoms with Crippen LogP contribution >= 0.6 is 11.6 Å². The highest BCUT2D eigenvalue weighted by atomic mass is 35.5. The lowest BCUT2D eigenvalue weighted by Gasteiger charge is -2.24. The molecular formula is C31H29ClFN7O2S. The van der Waals surface area contributed by atoms with E-state index in [1.54, 1.807) is 12.1 Å². The summed E-state index contributed by atoms with van der Waals surface area (Å²) in [6.07, 6.45) is 6.43. The van der Waals surface area contributed by atoms with Crippen LogP contribution in [-0.2, 0) is 9.84 Å². The number of benzene rings is 3. The summed E-state index contributed by atoms with van der Waals surface area (Å²) in [5.41, 5.74) is 9.21. The van der Waals surface area contributed by atoms with Gasteiger partial charge in [0.1, 0.15) is 21.7 Å². The third kappa shape index (κ3) is 6.51. The normalized spacial score (nSPS) is 17.3. The molecule has 1 saturated carbocycles. The molecule has 0 radical (unpaired) electrons. The van der Waals surface area contributed by atoms with Gasteiger partial charge in [0.2, 0.25) is 0 Å². The van der Waals surface area contributed by atoms with Crippen LogP contribution in [0, 0.1) is 17.1 Å². The zero-order valence-corrected chi connectivity index (χ0v) is 24.7. The molecule has 1 aliphatic carbocycles. The van der Waals surface area contributed by atoms with E-state index in [1.807, 2.05) is 41.5 Å². The van der Waals surface area contributed by atoms with Gasteiger partial charge in [0.05, 0.1) is 46.7 Å². The van der Waals surface area contributed by atoms with Gasteiger partial charge in [0, 0.05) is 35.8 Å². The van der Waals surface area contributed by atoms with E-state index < -0.39 is 27.7 Å². The highest BCUT2D eigenvalue weighted by Crippen LogP contribution is 2.38. The van der Waals surface area contributed by atoms with Crippen LogP contribution < -0.4 is 21.6 Å². The van der Waals surface area contributed by atoms with Gasteiger partial charge in [-0.2, -0.15) is 5.26 Å². The van der Waals surface area contributed by atoms with Gasteiger partial charge in [-0.05, 0) is 48.2 Å². The smallest absolute Gasteiger partial charge is 0.149 e. The number of anilines is 2. The number of nitriles is 1. The van der Waals surface area contributed by atoms with Crippen LogP contribution in [0.5, 0.6) is 0 Å². The fourth-order valence-corrected chi connectivity index (χ4v) is 6.17. The van der Waals surface area contributed by atoms with Crippen molar-refractivity contribution in [1.82, 2.24) is 21.0 Å². The molecule has 6 rings (SSSR count). The number of aromatic nitrogens is 1. The van der Waals surface area contributed by atoms with Crippen molar-refractivity contribution in [1.29, 1.82) is 5.26 Å². The first-order valence-electron chi connectivity index (χ1n) is 14.1. The summed E-state index contributed by atoms with van der Waals surface area (Å²) in [4.78, 5) is 4.42. The second-order valence-electron chi connectivity index (χ2n) is 10.6. The predicted molar refractivity (Wildman–Crippen MR) is 166 cm³/mol. The maximum absolute atomic E-state index is 13.9. The van der Waals surface area contributed by atoms with Crippen LogP contribution in [0.3, 0.4) is 0 Å². The number of hydrazine groups is 2. The summed E-state index contributed by atoms with van der Waals surface area (Å²) in [6, 6.07) is 18.3. The van der Waals surface area contributed by atoms with Gasteiger partial charge < -0.3 is 16.1 Å². The number of nitrogens with one attached hydrogen (secondary N) is 4. The Hall–Kier alpha value is -4.37. The fourth-order valence-electron chi connectivity index (χ4n) is 5.02. The van der Waals surface area contributed by atoms with Gasteiger partial charge in [-0.3, -0.25) is 9.99 Å². The monoisotopic (exact) mass is 618 g/mol. The lowest BCUT2D eigenvalue weighted by Crippen LogP contribution is -2.38. The number of halogens is 2. The van der Waals surface area contributed by atoms with Crippen LogP contribution in [-0.4, -0.2) is 36.5 Å². The average Bonchev–Trinajstić information content (AvgIpc) is 3.72. The Morgan fingerprint density at radius 3 is 2.58 bits per heavy atom. The Bertz CT molecular complexity index is 1900. The molecule has 1 aromatic heterocycles. The average molecular weight is 619 g/mol. The molecule has 3 aromatic carbocycles. The summed E-state index contributed by atoms with van der Waals surface area (Å²) in [7, 11) is -3.43. The molecule has 12 heteroatoms. The van der Waals surface area contributed by atoms with Gasteiger partial charge >= 0.3 is 0 Å². The zero-order valence-electron chi connectivity index (χ0n) is 24.1. The maximum atomic E-state index is 13.9. The number of hydrogen-bond donors (Lipinski definition) is 4. The van der Waals surface area contributed by atoms with E-state index in [-0.39, 0.29) is 16.3 Å². The molecule has 4 N–H and O–H groups in total. The topological polar surface area (TPSA) is 122 Å². The van der Waals surface area contributed by atoms with E-state index in [0.717, 1.165) is 24.7 Å². The Labute approximate surface area is 255 Å². The van der Waals surface area contributed by atoms with E-state index >= 15 is 0 Å². The molecule has 0 bridgehead atoms. The third-order valence-electron chi connectivity index (χ3n) is 7.23. The molecule has 1 aliphatic heterocycles. The van der Waals surface area contributed by atoms with Gasteiger partial charge in [0.25, 0.3) is 0 Å². The van der Waals surface area contributed by atoms with E-state index in [9.17, 15) is 19.4 Å². The van der Waals surface area contributed by atoms with Crippen molar-refractivity contribution in [2.75, 3.05) is 22.6 Å². The predicted octanol–water partition coefficient (Wildman–Crippen LogP) is 5.58. The number of hydrogen-bond acceptors (Lipinski definition) is 9. The van der Waals surface area contributed by atoms with Crippen LogP contribution in [0.15, 0.2) is 84.8 Å².